The largest absolute Gasteiger partial charge is 0.391 e. The second-order valence-corrected chi connectivity index (χ2v) is 5.79. The summed E-state index contributed by atoms with van der Waals surface area (Å²) >= 11 is 3.41. The molecule has 2 unspecified atom stereocenters. The van der Waals surface area contributed by atoms with Crippen LogP contribution in [0.1, 0.15) is 32.3 Å². The molecular weight excluding hydrogens is 266 g/mol. The van der Waals surface area contributed by atoms with Crippen LogP contribution in [0, 0.1) is 16.7 Å². The van der Waals surface area contributed by atoms with E-state index in [1.54, 1.807) is 0 Å². The van der Waals surface area contributed by atoms with Crippen molar-refractivity contribution in [3.05, 3.63) is 34.3 Å². The van der Waals surface area contributed by atoms with Gasteiger partial charge in [-0.1, -0.05) is 54.9 Å². The lowest BCUT2D eigenvalue weighted by Gasteiger charge is -2.30. The van der Waals surface area contributed by atoms with Crippen molar-refractivity contribution in [2.75, 3.05) is 0 Å². The smallest absolute Gasteiger partial charge is 0.0987 e. The fourth-order valence-electron chi connectivity index (χ4n) is 1.54. The molecule has 0 fully saturated rings. The fourth-order valence-corrected chi connectivity index (χ4v) is 2.07. The van der Waals surface area contributed by atoms with Gasteiger partial charge in [-0.25, -0.2) is 0 Å². The normalized spacial score (nSPS) is 15.2. The number of halogens is 1. The van der Waals surface area contributed by atoms with Gasteiger partial charge < -0.3 is 5.11 Å². The van der Waals surface area contributed by atoms with Gasteiger partial charge in [0.15, 0.2) is 0 Å². The molecule has 0 bridgehead atoms. The van der Waals surface area contributed by atoms with Crippen LogP contribution in [0.15, 0.2) is 28.7 Å². The van der Waals surface area contributed by atoms with Crippen molar-refractivity contribution in [2.45, 2.75) is 32.8 Å². The van der Waals surface area contributed by atoms with Crippen molar-refractivity contribution in [3.63, 3.8) is 0 Å². The second kappa shape index (κ2) is 4.99. The summed E-state index contributed by atoms with van der Waals surface area (Å²) in [4.78, 5) is 0. The summed E-state index contributed by atoms with van der Waals surface area (Å²) in [7, 11) is 0. The number of aliphatic hydroxyl groups is 1. The van der Waals surface area contributed by atoms with Gasteiger partial charge in [-0.2, -0.15) is 5.26 Å². The topological polar surface area (TPSA) is 44.0 Å². The lowest BCUT2D eigenvalue weighted by Crippen LogP contribution is -2.32. The summed E-state index contributed by atoms with van der Waals surface area (Å²) in [6.45, 7) is 5.79. The zero-order chi connectivity index (χ0) is 12.3. The quantitative estimate of drug-likeness (QED) is 0.902. The Labute approximate surface area is 105 Å². The first-order chi connectivity index (χ1) is 7.38. The zero-order valence-electron chi connectivity index (χ0n) is 9.74. The number of hydrogen-bond acceptors (Lipinski definition) is 2. The number of hydrogen-bond donors (Lipinski definition) is 1. The van der Waals surface area contributed by atoms with Crippen LogP contribution >= 0.6 is 15.9 Å². The van der Waals surface area contributed by atoms with Gasteiger partial charge >= 0.3 is 0 Å². The van der Waals surface area contributed by atoms with Crippen LogP contribution in [0.5, 0.6) is 0 Å². The third-order valence-corrected chi connectivity index (χ3v) is 3.30. The van der Waals surface area contributed by atoms with E-state index in [-0.39, 0.29) is 5.41 Å². The zero-order valence-corrected chi connectivity index (χ0v) is 11.3. The Morgan fingerprint density at radius 2 is 1.88 bits per heavy atom. The minimum Gasteiger partial charge on any atom is -0.391 e. The van der Waals surface area contributed by atoms with E-state index in [2.05, 4.69) is 22.0 Å². The molecule has 0 aliphatic rings. The first kappa shape index (κ1) is 13.2. The summed E-state index contributed by atoms with van der Waals surface area (Å²) in [5.74, 6) is -0.504. The molecule has 0 heterocycles. The maximum Gasteiger partial charge on any atom is 0.0987 e. The van der Waals surface area contributed by atoms with Gasteiger partial charge in [0.2, 0.25) is 0 Å². The molecule has 0 radical (unpaired) electrons. The lowest BCUT2D eigenvalue weighted by atomic mass is 9.79. The summed E-state index contributed by atoms with van der Waals surface area (Å²) in [5, 5.41) is 19.4. The highest BCUT2D eigenvalue weighted by Gasteiger charge is 2.32. The molecule has 2 atom stereocenters. The molecule has 1 aromatic rings. The van der Waals surface area contributed by atoms with Crippen LogP contribution in [0.25, 0.3) is 0 Å². The first-order valence-electron chi connectivity index (χ1n) is 5.20. The van der Waals surface area contributed by atoms with Gasteiger partial charge in [-0.15, -0.1) is 0 Å². The lowest BCUT2D eigenvalue weighted by molar-refractivity contribution is 0.0526. The maximum absolute atomic E-state index is 10.2. The van der Waals surface area contributed by atoms with Crippen LogP contribution in [-0.4, -0.2) is 11.2 Å². The number of aliphatic hydroxyl groups excluding tert-OH is 1. The van der Waals surface area contributed by atoms with E-state index in [1.165, 1.54) is 0 Å². The fraction of sp³-hybridized carbons (Fsp3) is 0.462. The predicted octanol–water partition coefficient (Wildman–Crippen LogP) is 3.46. The van der Waals surface area contributed by atoms with Crippen LogP contribution < -0.4 is 0 Å². The molecular formula is C13H16BrNO. The minimum atomic E-state index is -0.684. The molecule has 86 valence electrons. The molecule has 16 heavy (non-hydrogen) atoms. The molecule has 0 aliphatic heterocycles. The summed E-state index contributed by atoms with van der Waals surface area (Å²) in [6.07, 6.45) is -0.684. The van der Waals surface area contributed by atoms with Crippen LogP contribution in [0.4, 0.5) is 0 Å². The Bertz CT molecular complexity index is 403. The van der Waals surface area contributed by atoms with E-state index in [9.17, 15) is 10.4 Å². The average Bonchev–Trinajstić information content (AvgIpc) is 2.20. The van der Waals surface area contributed by atoms with Gasteiger partial charge in [-0.3, -0.25) is 0 Å². The molecule has 0 saturated carbocycles. The first-order valence-corrected chi connectivity index (χ1v) is 5.99. The molecule has 0 aromatic heterocycles. The molecule has 0 spiro atoms. The molecule has 3 heteroatoms. The van der Waals surface area contributed by atoms with Crippen LogP contribution in [0.2, 0.25) is 0 Å². The summed E-state index contributed by atoms with van der Waals surface area (Å²) in [5.41, 5.74) is 0.530. The molecule has 0 amide bonds. The SMILES string of the molecule is CC(C)(C)C(O)C(C#N)c1ccccc1Br. The van der Waals surface area contributed by atoms with E-state index in [1.807, 2.05) is 45.0 Å². The Morgan fingerprint density at radius 3 is 2.31 bits per heavy atom. The number of benzene rings is 1. The van der Waals surface area contributed by atoms with E-state index in [0.29, 0.717) is 0 Å². The van der Waals surface area contributed by atoms with E-state index in [4.69, 9.17) is 0 Å². The third kappa shape index (κ3) is 2.84. The number of nitrogens with zero attached hydrogens (tertiary/aromatic N) is 1. The Balaban J connectivity index is 3.11. The van der Waals surface area contributed by atoms with Gasteiger partial charge in [-0.05, 0) is 17.0 Å². The average molecular weight is 282 g/mol. The third-order valence-electron chi connectivity index (χ3n) is 2.58. The van der Waals surface area contributed by atoms with Crippen molar-refractivity contribution in [1.82, 2.24) is 0 Å². The van der Waals surface area contributed by atoms with E-state index in [0.717, 1.165) is 10.0 Å². The highest BCUT2D eigenvalue weighted by molar-refractivity contribution is 9.10. The molecule has 0 aliphatic carbocycles. The molecule has 1 N–H and O–H groups in total. The van der Waals surface area contributed by atoms with Gasteiger partial charge in [0.05, 0.1) is 18.1 Å². The number of nitriles is 1. The van der Waals surface area contributed by atoms with Crippen LogP contribution in [-0.2, 0) is 0 Å². The summed E-state index contributed by atoms with van der Waals surface area (Å²) in [6, 6.07) is 9.71. The highest BCUT2D eigenvalue weighted by atomic mass is 79.9. The molecule has 2 nitrogen and oxygen atoms in total. The molecule has 1 rings (SSSR count). The minimum absolute atomic E-state index is 0.310. The summed E-state index contributed by atoms with van der Waals surface area (Å²) < 4.78 is 0.866. The predicted molar refractivity (Wildman–Crippen MR) is 68.0 cm³/mol. The monoisotopic (exact) mass is 281 g/mol. The van der Waals surface area contributed by atoms with E-state index < -0.39 is 12.0 Å². The van der Waals surface area contributed by atoms with E-state index >= 15 is 0 Å². The van der Waals surface area contributed by atoms with Gasteiger partial charge in [0, 0.05) is 4.47 Å². The molecule has 0 saturated heterocycles. The Hall–Kier alpha value is -0.850. The second-order valence-electron chi connectivity index (χ2n) is 4.94. The maximum atomic E-state index is 10.2. The standard InChI is InChI=1S/C13H16BrNO/c1-13(2,3)12(16)10(8-15)9-6-4-5-7-11(9)14/h4-7,10,12,16H,1-3H3. The van der Waals surface area contributed by atoms with Crippen molar-refractivity contribution in [3.8, 4) is 6.07 Å². The molecule has 1 aromatic carbocycles. The van der Waals surface area contributed by atoms with Crippen molar-refractivity contribution >= 4 is 15.9 Å². The van der Waals surface area contributed by atoms with Crippen LogP contribution in [0.3, 0.4) is 0 Å². The Kier molecular flexibility index (Phi) is 4.12. The highest BCUT2D eigenvalue weighted by Crippen LogP contribution is 2.34. The van der Waals surface area contributed by atoms with Crippen molar-refractivity contribution < 1.29 is 5.11 Å². The number of rotatable bonds is 2. The Morgan fingerprint density at radius 1 is 1.31 bits per heavy atom. The van der Waals surface area contributed by atoms with Crippen molar-refractivity contribution in [1.29, 1.82) is 5.26 Å². The van der Waals surface area contributed by atoms with Gasteiger partial charge in [0.25, 0.3) is 0 Å². The van der Waals surface area contributed by atoms with Gasteiger partial charge in [0.1, 0.15) is 0 Å². The van der Waals surface area contributed by atoms with Crippen molar-refractivity contribution in [2.24, 2.45) is 5.41 Å².